The zero-order valence-corrected chi connectivity index (χ0v) is 17.5. The van der Waals surface area contributed by atoms with E-state index < -0.39 is 12.2 Å². The molecule has 0 aliphatic carbocycles. The van der Waals surface area contributed by atoms with E-state index in [1.54, 1.807) is 30.6 Å². The van der Waals surface area contributed by atoms with Crippen molar-refractivity contribution in [3.05, 3.63) is 42.4 Å². The fourth-order valence-corrected chi connectivity index (χ4v) is 3.24. The van der Waals surface area contributed by atoms with Gasteiger partial charge in [0.1, 0.15) is 0 Å². The Labute approximate surface area is 178 Å². The highest BCUT2D eigenvalue weighted by molar-refractivity contribution is 5.91. The Morgan fingerprint density at radius 3 is 2.68 bits per heavy atom. The van der Waals surface area contributed by atoms with Gasteiger partial charge < -0.3 is 20.1 Å². The lowest BCUT2D eigenvalue weighted by atomic mass is 10.1. The van der Waals surface area contributed by atoms with Crippen LogP contribution in [0, 0.1) is 6.92 Å². The minimum atomic E-state index is -0.550. The molecule has 0 radical (unpaired) electrons. The Bertz CT molecular complexity index is 1140. The van der Waals surface area contributed by atoms with E-state index in [-0.39, 0.29) is 12.1 Å². The maximum Gasteiger partial charge on any atom is 0.411 e. The minimum absolute atomic E-state index is 0.224. The molecular weight excluding hydrogens is 400 g/mol. The van der Waals surface area contributed by atoms with Crippen molar-refractivity contribution in [3.8, 4) is 11.3 Å². The van der Waals surface area contributed by atoms with Crippen LogP contribution in [0.1, 0.15) is 19.4 Å². The largest absolute Gasteiger partial charge is 0.447 e. The van der Waals surface area contributed by atoms with Crippen LogP contribution in [0.25, 0.3) is 17.0 Å². The van der Waals surface area contributed by atoms with Crippen molar-refractivity contribution in [2.45, 2.75) is 33.0 Å². The smallest absolute Gasteiger partial charge is 0.411 e. The van der Waals surface area contributed by atoms with E-state index in [0.29, 0.717) is 35.9 Å². The van der Waals surface area contributed by atoms with E-state index in [0.717, 1.165) is 11.1 Å². The number of β-amino-alcohol motifs (C(OH)–C–C–N with tert-alkyl or cyclic N) is 1. The van der Waals surface area contributed by atoms with Gasteiger partial charge in [-0.3, -0.25) is 9.72 Å². The Hall–Kier alpha value is -3.66. The molecule has 1 aliphatic rings. The SMILES string of the molecule is Cc1ccc(NC(=O)N2CC(O)C2)cc1-c1cn2cc(NC(=O)OC(C)C)cnc2n1. The summed E-state index contributed by atoms with van der Waals surface area (Å²) < 4.78 is 6.80. The zero-order chi connectivity index (χ0) is 22.1. The number of hydrogen-bond donors (Lipinski definition) is 3. The average Bonchev–Trinajstić information content (AvgIpc) is 3.09. The van der Waals surface area contributed by atoms with Gasteiger partial charge in [-0.1, -0.05) is 6.07 Å². The third-order valence-corrected chi connectivity index (χ3v) is 4.81. The van der Waals surface area contributed by atoms with Crippen molar-refractivity contribution in [3.63, 3.8) is 0 Å². The summed E-state index contributed by atoms with van der Waals surface area (Å²) in [5.74, 6) is 0.473. The monoisotopic (exact) mass is 424 g/mol. The molecule has 10 nitrogen and oxygen atoms in total. The van der Waals surface area contributed by atoms with Crippen molar-refractivity contribution in [1.82, 2.24) is 19.3 Å². The molecule has 3 aromatic rings. The number of aromatic nitrogens is 3. The molecule has 0 unspecified atom stereocenters. The fourth-order valence-electron chi connectivity index (χ4n) is 3.24. The summed E-state index contributed by atoms with van der Waals surface area (Å²) in [6, 6.07) is 5.33. The van der Waals surface area contributed by atoms with Crippen LogP contribution < -0.4 is 10.6 Å². The Kier molecular flexibility index (Phi) is 5.47. The second-order valence-corrected chi connectivity index (χ2v) is 7.77. The van der Waals surface area contributed by atoms with Gasteiger partial charge in [0, 0.05) is 23.6 Å². The Morgan fingerprint density at radius 1 is 1.19 bits per heavy atom. The first kappa shape index (κ1) is 20.6. The third-order valence-electron chi connectivity index (χ3n) is 4.81. The van der Waals surface area contributed by atoms with Crippen LogP contribution in [-0.2, 0) is 4.74 Å². The lowest BCUT2D eigenvalue weighted by molar-refractivity contribution is 0.0309. The topological polar surface area (TPSA) is 121 Å². The molecular formula is C21H24N6O4. The maximum absolute atomic E-state index is 12.2. The van der Waals surface area contributed by atoms with Gasteiger partial charge in [-0.2, -0.15) is 0 Å². The van der Waals surface area contributed by atoms with E-state index in [4.69, 9.17) is 4.74 Å². The van der Waals surface area contributed by atoms with Gasteiger partial charge in [-0.25, -0.2) is 19.6 Å². The summed E-state index contributed by atoms with van der Waals surface area (Å²) in [4.78, 5) is 34.4. The molecule has 3 amide bonds. The van der Waals surface area contributed by atoms with Gasteiger partial charge >= 0.3 is 12.1 Å². The van der Waals surface area contributed by atoms with Gasteiger partial charge in [0.25, 0.3) is 0 Å². The predicted molar refractivity (Wildman–Crippen MR) is 115 cm³/mol. The summed E-state index contributed by atoms with van der Waals surface area (Å²) in [5.41, 5.74) is 3.63. The quantitative estimate of drug-likeness (QED) is 0.592. The summed E-state index contributed by atoms with van der Waals surface area (Å²) in [6.45, 7) is 6.18. The summed E-state index contributed by atoms with van der Waals surface area (Å²) >= 11 is 0. The standard InChI is InChI=1S/C21H24N6O4/c1-12(2)31-21(30)24-15-7-22-19-25-18(11-26(19)8-15)17-6-14(5-4-13(17)3)23-20(29)27-9-16(28)10-27/h4-8,11-12,16,28H,9-10H2,1-3H3,(H,23,29)(H,24,30). The second-order valence-electron chi connectivity index (χ2n) is 7.77. The molecule has 4 rings (SSSR count). The summed E-state index contributed by atoms with van der Waals surface area (Å²) in [6.07, 6.45) is 3.80. The maximum atomic E-state index is 12.2. The van der Waals surface area contributed by atoms with Crippen molar-refractivity contribution >= 4 is 29.3 Å². The molecule has 0 saturated carbocycles. The van der Waals surface area contributed by atoms with Gasteiger partial charge in [-0.05, 0) is 38.5 Å². The minimum Gasteiger partial charge on any atom is -0.447 e. The van der Waals surface area contributed by atoms with Crippen molar-refractivity contribution in [1.29, 1.82) is 0 Å². The number of fused-ring (bicyclic) bond motifs is 1. The number of carbonyl (C=O) groups excluding carboxylic acids is 2. The van der Waals surface area contributed by atoms with Crippen LogP contribution in [0.3, 0.4) is 0 Å². The number of imidazole rings is 1. The number of ether oxygens (including phenoxy) is 1. The number of nitrogens with zero attached hydrogens (tertiary/aromatic N) is 4. The molecule has 162 valence electrons. The third kappa shape index (κ3) is 4.58. The van der Waals surface area contributed by atoms with E-state index in [9.17, 15) is 14.7 Å². The molecule has 0 bridgehead atoms. The van der Waals surface area contributed by atoms with E-state index in [1.807, 2.05) is 25.1 Å². The molecule has 1 fully saturated rings. The number of likely N-dealkylation sites (tertiary alicyclic amines) is 1. The molecule has 0 atom stereocenters. The van der Waals surface area contributed by atoms with Crippen molar-refractivity contribution < 1.29 is 19.4 Å². The Balaban J connectivity index is 1.55. The van der Waals surface area contributed by atoms with Crippen LogP contribution >= 0.6 is 0 Å². The van der Waals surface area contributed by atoms with Crippen LogP contribution in [0.4, 0.5) is 21.0 Å². The van der Waals surface area contributed by atoms with Gasteiger partial charge in [0.15, 0.2) is 0 Å². The number of urea groups is 1. The average molecular weight is 424 g/mol. The number of benzene rings is 1. The molecule has 1 aromatic carbocycles. The zero-order valence-electron chi connectivity index (χ0n) is 17.5. The fraction of sp³-hybridized carbons (Fsp3) is 0.333. The number of amides is 3. The lowest BCUT2D eigenvalue weighted by Gasteiger charge is -2.35. The summed E-state index contributed by atoms with van der Waals surface area (Å²) in [7, 11) is 0. The molecule has 10 heteroatoms. The molecule has 31 heavy (non-hydrogen) atoms. The van der Waals surface area contributed by atoms with E-state index in [1.165, 1.54) is 11.1 Å². The van der Waals surface area contributed by atoms with Crippen LogP contribution in [0.5, 0.6) is 0 Å². The van der Waals surface area contributed by atoms with Crippen molar-refractivity contribution in [2.75, 3.05) is 23.7 Å². The first-order valence-electron chi connectivity index (χ1n) is 9.96. The highest BCUT2D eigenvalue weighted by atomic mass is 16.6. The Morgan fingerprint density at radius 2 is 1.97 bits per heavy atom. The first-order chi connectivity index (χ1) is 14.8. The number of anilines is 2. The molecule has 3 N–H and O–H groups in total. The molecule has 2 aromatic heterocycles. The van der Waals surface area contributed by atoms with E-state index in [2.05, 4.69) is 20.6 Å². The number of aryl methyl sites for hydroxylation is 1. The number of rotatable bonds is 4. The number of aliphatic hydroxyl groups is 1. The number of nitrogens with one attached hydrogen (secondary N) is 2. The molecule has 1 saturated heterocycles. The normalized spacial score (nSPS) is 13.9. The highest BCUT2D eigenvalue weighted by Crippen LogP contribution is 2.27. The van der Waals surface area contributed by atoms with Gasteiger partial charge in [0.05, 0.1) is 42.9 Å². The first-order valence-corrected chi connectivity index (χ1v) is 9.96. The number of carbonyl (C=O) groups is 2. The second kappa shape index (κ2) is 8.23. The molecule has 1 aliphatic heterocycles. The van der Waals surface area contributed by atoms with Gasteiger partial charge in [-0.15, -0.1) is 0 Å². The van der Waals surface area contributed by atoms with E-state index >= 15 is 0 Å². The van der Waals surface area contributed by atoms with Crippen molar-refractivity contribution in [2.24, 2.45) is 0 Å². The number of hydrogen-bond acceptors (Lipinski definition) is 6. The van der Waals surface area contributed by atoms with Crippen LogP contribution in [0.15, 0.2) is 36.8 Å². The van der Waals surface area contributed by atoms with Gasteiger partial charge in [0.2, 0.25) is 5.78 Å². The van der Waals surface area contributed by atoms with Crippen LogP contribution in [0.2, 0.25) is 0 Å². The van der Waals surface area contributed by atoms with Crippen LogP contribution in [-0.4, -0.2) is 61.8 Å². The highest BCUT2D eigenvalue weighted by Gasteiger charge is 2.28. The molecule has 0 spiro atoms. The number of aliphatic hydroxyl groups excluding tert-OH is 1. The molecule has 3 heterocycles. The predicted octanol–water partition coefficient (Wildman–Crippen LogP) is 2.87. The summed E-state index contributed by atoms with van der Waals surface area (Å²) in [5, 5.41) is 14.9. The lowest BCUT2D eigenvalue weighted by Crippen LogP contribution is -2.54.